The van der Waals surface area contributed by atoms with E-state index in [0.29, 0.717) is 0 Å². The van der Waals surface area contributed by atoms with E-state index in [1.165, 1.54) is 76.2 Å². The van der Waals surface area contributed by atoms with Gasteiger partial charge in [0, 0.05) is 19.5 Å². The summed E-state index contributed by atoms with van der Waals surface area (Å²) >= 11 is 0. The molecular weight excluding hydrogens is 282 g/mol. The molecule has 0 heterocycles. The second-order valence-electron chi connectivity index (χ2n) is 5.32. The van der Waals surface area contributed by atoms with Gasteiger partial charge in [0.05, 0.1) is 0 Å². The molecule has 1 aromatic rings. The van der Waals surface area contributed by atoms with Crippen molar-refractivity contribution >= 4 is 0 Å². The first-order valence-corrected chi connectivity index (χ1v) is 7.89. The van der Waals surface area contributed by atoms with Crippen molar-refractivity contribution in [1.82, 2.24) is 0 Å². The third-order valence-corrected chi connectivity index (χ3v) is 3.57. The van der Waals surface area contributed by atoms with Gasteiger partial charge in [0.2, 0.25) is 0 Å². The summed E-state index contributed by atoms with van der Waals surface area (Å²) in [4.78, 5) is 0. The fourth-order valence-electron chi connectivity index (χ4n) is 2.39. The standard InChI is InChI=1S/C18H29.Zn/c1-2-3-4-5-6-7-8-9-10-12-15-18-16-13-11-14-17-18;/h11,13-14,16H,2-10,12,15H2,1H3;/q-1;. The summed E-state index contributed by atoms with van der Waals surface area (Å²) in [7, 11) is 0. The largest absolute Gasteiger partial charge is 0.180 e. The Morgan fingerprint density at radius 2 is 1.37 bits per heavy atom. The van der Waals surface area contributed by atoms with Gasteiger partial charge in [0.15, 0.2) is 0 Å². The number of rotatable bonds is 11. The Bertz CT molecular complexity index is 268. The predicted octanol–water partition coefficient (Wildman–Crippen LogP) is 5.95. The third-order valence-electron chi connectivity index (χ3n) is 3.57. The van der Waals surface area contributed by atoms with Crippen LogP contribution in [0.4, 0.5) is 0 Å². The molecule has 0 radical (unpaired) electrons. The molecule has 0 fully saturated rings. The van der Waals surface area contributed by atoms with Gasteiger partial charge in [0.25, 0.3) is 0 Å². The Morgan fingerprint density at radius 3 is 1.89 bits per heavy atom. The van der Waals surface area contributed by atoms with Crippen LogP contribution in [-0.2, 0) is 25.9 Å². The molecule has 0 bridgehead atoms. The van der Waals surface area contributed by atoms with Gasteiger partial charge < -0.3 is 0 Å². The van der Waals surface area contributed by atoms with Crippen LogP contribution in [0.25, 0.3) is 0 Å². The fourth-order valence-corrected chi connectivity index (χ4v) is 2.39. The summed E-state index contributed by atoms with van der Waals surface area (Å²) in [5, 5.41) is 0. The molecule has 1 rings (SSSR count). The molecule has 0 aliphatic rings. The summed E-state index contributed by atoms with van der Waals surface area (Å²) in [6.07, 6.45) is 15.3. The Morgan fingerprint density at radius 1 is 0.789 bits per heavy atom. The van der Waals surface area contributed by atoms with E-state index < -0.39 is 0 Å². The minimum atomic E-state index is 0. The SMILES string of the molecule is CCCCCCCCCCCCc1[c-]cccc1.[Zn]. The molecule has 0 atom stereocenters. The van der Waals surface area contributed by atoms with Crippen molar-refractivity contribution in [3.8, 4) is 0 Å². The van der Waals surface area contributed by atoms with Crippen LogP contribution in [0.2, 0.25) is 0 Å². The zero-order valence-electron chi connectivity index (χ0n) is 12.8. The van der Waals surface area contributed by atoms with E-state index in [1.807, 2.05) is 12.1 Å². The van der Waals surface area contributed by atoms with Crippen LogP contribution >= 0.6 is 0 Å². The van der Waals surface area contributed by atoms with Crippen molar-refractivity contribution < 1.29 is 19.5 Å². The molecule has 19 heavy (non-hydrogen) atoms. The predicted molar refractivity (Wildman–Crippen MR) is 80.8 cm³/mol. The van der Waals surface area contributed by atoms with Gasteiger partial charge in [-0.15, -0.1) is 0 Å². The molecule has 0 saturated carbocycles. The van der Waals surface area contributed by atoms with Crippen LogP contribution in [0.3, 0.4) is 0 Å². The van der Waals surface area contributed by atoms with Gasteiger partial charge in [-0.25, -0.2) is 0 Å². The average molecular weight is 311 g/mol. The van der Waals surface area contributed by atoms with Crippen molar-refractivity contribution in [2.75, 3.05) is 0 Å². The quantitative estimate of drug-likeness (QED) is 0.269. The Kier molecular flexibility index (Phi) is 14.1. The first-order valence-electron chi connectivity index (χ1n) is 7.89. The monoisotopic (exact) mass is 309 g/mol. The van der Waals surface area contributed by atoms with Gasteiger partial charge in [-0.2, -0.15) is 35.9 Å². The molecule has 1 heteroatoms. The van der Waals surface area contributed by atoms with Gasteiger partial charge in [-0.1, -0.05) is 77.6 Å². The van der Waals surface area contributed by atoms with Gasteiger partial charge in [-0.3, -0.25) is 0 Å². The summed E-state index contributed by atoms with van der Waals surface area (Å²) in [5.74, 6) is 0. The van der Waals surface area contributed by atoms with E-state index in [0.717, 1.165) is 0 Å². The van der Waals surface area contributed by atoms with Crippen LogP contribution in [0, 0.1) is 6.07 Å². The van der Waals surface area contributed by atoms with E-state index in [9.17, 15) is 0 Å². The minimum absolute atomic E-state index is 0. The van der Waals surface area contributed by atoms with Crippen LogP contribution in [-0.4, -0.2) is 0 Å². The molecule has 0 amide bonds. The average Bonchev–Trinajstić information content (AvgIpc) is 2.42. The zero-order valence-corrected chi connectivity index (χ0v) is 15.8. The molecule has 0 aliphatic heterocycles. The van der Waals surface area contributed by atoms with E-state index in [-0.39, 0.29) is 19.5 Å². The second-order valence-corrected chi connectivity index (χ2v) is 5.32. The second kappa shape index (κ2) is 14.3. The van der Waals surface area contributed by atoms with Crippen molar-refractivity contribution in [1.29, 1.82) is 0 Å². The summed E-state index contributed by atoms with van der Waals surface area (Å²) < 4.78 is 0. The molecule has 0 saturated heterocycles. The molecule has 0 aromatic heterocycles. The maximum Gasteiger partial charge on any atom is 0 e. The Hall–Kier alpha value is -0.157. The molecule has 0 nitrogen and oxygen atoms in total. The van der Waals surface area contributed by atoms with Crippen molar-refractivity contribution in [3.05, 3.63) is 35.9 Å². The van der Waals surface area contributed by atoms with Crippen molar-refractivity contribution in [3.63, 3.8) is 0 Å². The number of unbranched alkanes of at least 4 members (excludes halogenated alkanes) is 9. The maximum atomic E-state index is 3.30. The normalized spacial score (nSPS) is 10.2. The van der Waals surface area contributed by atoms with Crippen LogP contribution < -0.4 is 0 Å². The smallest absolute Gasteiger partial charge is 0 e. The Balaban J connectivity index is 0.00000324. The first kappa shape index (κ1) is 18.8. The van der Waals surface area contributed by atoms with Gasteiger partial charge in [0.1, 0.15) is 0 Å². The van der Waals surface area contributed by atoms with Gasteiger partial charge >= 0.3 is 0 Å². The fraction of sp³-hybridized carbons (Fsp3) is 0.667. The van der Waals surface area contributed by atoms with E-state index in [4.69, 9.17) is 0 Å². The molecule has 0 unspecified atom stereocenters. The first-order chi connectivity index (χ1) is 8.93. The molecule has 0 N–H and O–H groups in total. The summed E-state index contributed by atoms with van der Waals surface area (Å²) in [5.41, 5.74) is 1.37. The molecule has 0 spiro atoms. The van der Waals surface area contributed by atoms with E-state index >= 15 is 0 Å². The zero-order chi connectivity index (χ0) is 12.9. The van der Waals surface area contributed by atoms with Crippen LogP contribution in [0.1, 0.15) is 76.7 Å². The van der Waals surface area contributed by atoms with E-state index in [2.05, 4.69) is 25.1 Å². The maximum absolute atomic E-state index is 3.30. The molecule has 104 valence electrons. The molecule has 1 aromatic carbocycles. The van der Waals surface area contributed by atoms with Crippen molar-refractivity contribution in [2.24, 2.45) is 0 Å². The van der Waals surface area contributed by atoms with Crippen molar-refractivity contribution in [2.45, 2.75) is 77.6 Å². The van der Waals surface area contributed by atoms with Gasteiger partial charge in [-0.05, 0) is 0 Å². The van der Waals surface area contributed by atoms with Crippen LogP contribution in [0.5, 0.6) is 0 Å². The summed E-state index contributed by atoms with van der Waals surface area (Å²) in [6.45, 7) is 2.28. The third kappa shape index (κ3) is 11.4. The minimum Gasteiger partial charge on any atom is -0.180 e. The summed E-state index contributed by atoms with van der Waals surface area (Å²) in [6, 6.07) is 11.7. The number of hydrogen-bond donors (Lipinski definition) is 0. The van der Waals surface area contributed by atoms with E-state index in [1.54, 1.807) is 0 Å². The number of hydrogen-bond acceptors (Lipinski definition) is 0. The molecule has 0 aliphatic carbocycles. The van der Waals surface area contributed by atoms with Crippen LogP contribution in [0.15, 0.2) is 24.3 Å². The number of aryl methyl sites for hydroxylation is 1. The Labute approximate surface area is 133 Å². The topological polar surface area (TPSA) is 0 Å². The number of benzene rings is 1. The molecular formula is C18H29Zn-.